The van der Waals surface area contributed by atoms with Crippen LogP contribution in [0.5, 0.6) is 0 Å². The molecule has 1 amide bonds. The van der Waals surface area contributed by atoms with Gasteiger partial charge in [-0.15, -0.1) is 11.6 Å². The van der Waals surface area contributed by atoms with Crippen molar-refractivity contribution in [3.63, 3.8) is 0 Å². The fraction of sp³-hybridized carbons (Fsp3) is 0.889. The van der Waals surface area contributed by atoms with Crippen LogP contribution in [0, 0.1) is 0 Å². The number of nitrogens with one attached hydrogen (secondary N) is 1. The molecule has 5 heteroatoms. The van der Waals surface area contributed by atoms with Gasteiger partial charge in [0.15, 0.2) is 0 Å². The van der Waals surface area contributed by atoms with Gasteiger partial charge < -0.3 is 4.90 Å². The normalized spacial score (nSPS) is 19.6. The predicted octanol–water partition coefficient (Wildman–Crippen LogP) is 0.284. The molecule has 0 aromatic carbocycles. The Labute approximate surface area is 90.2 Å². The van der Waals surface area contributed by atoms with E-state index in [0.717, 1.165) is 32.6 Å². The van der Waals surface area contributed by atoms with Crippen LogP contribution in [0.2, 0.25) is 0 Å². The van der Waals surface area contributed by atoms with Gasteiger partial charge in [0.1, 0.15) is 0 Å². The zero-order valence-electron chi connectivity index (χ0n) is 8.63. The summed E-state index contributed by atoms with van der Waals surface area (Å²) in [6.07, 6.45) is 1.27. The number of carbonyl (C=O) groups is 1. The number of alkyl halides is 1. The van der Waals surface area contributed by atoms with E-state index < -0.39 is 0 Å². The molecular formula is C9H18ClN3O. The molecule has 82 valence electrons. The second kappa shape index (κ2) is 6.22. The summed E-state index contributed by atoms with van der Waals surface area (Å²) < 4.78 is 0. The third-order valence-electron chi connectivity index (χ3n) is 2.32. The van der Waals surface area contributed by atoms with Crippen LogP contribution >= 0.6 is 11.6 Å². The number of rotatable bonds is 4. The van der Waals surface area contributed by atoms with E-state index in [0.29, 0.717) is 12.3 Å². The minimum absolute atomic E-state index is 0.0789. The minimum atomic E-state index is 0.0789. The molecule has 4 nitrogen and oxygen atoms in total. The van der Waals surface area contributed by atoms with Crippen LogP contribution in [0.15, 0.2) is 0 Å². The Morgan fingerprint density at radius 2 is 2.00 bits per heavy atom. The zero-order chi connectivity index (χ0) is 10.4. The Balaban J connectivity index is 2.14. The van der Waals surface area contributed by atoms with Crippen molar-refractivity contribution in [1.82, 2.24) is 15.3 Å². The standard InChI is InChI=1S/C9H18ClN3O/c1-12-5-7-13(8-6-12)11-9(14)3-2-4-10/h2-8H2,1H3,(H,11,14). The molecule has 1 N–H and O–H groups in total. The van der Waals surface area contributed by atoms with Crippen molar-refractivity contribution in [2.24, 2.45) is 0 Å². The van der Waals surface area contributed by atoms with Crippen LogP contribution in [0.3, 0.4) is 0 Å². The lowest BCUT2D eigenvalue weighted by Crippen LogP contribution is -2.52. The number of hydrogen-bond acceptors (Lipinski definition) is 3. The summed E-state index contributed by atoms with van der Waals surface area (Å²) in [6, 6.07) is 0. The molecule has 1 saturated heterocycles. The Morgan fingerprint density at radius 1 is 1.36 bits per heavy atom. The molecule has 1 fully saturated rings. The van der Waals surface area contributed by atoms with Crippen LogP contribution < -0.4 is 5.43 Å². The summed E-state index contributed by atoms with van der Waals surface area (Å²) in [5.41, 5.74) is 2.88. The lowest BCUT2D eigenvalue weighted by atomic mass is 10.3. The largest absolute Gasteiger partial charge is 0.304 e. The van der Waals surface area contributed by atoms with Crippen molar-refractivity contribution in [3.05, 3.63) is 0 Å². The van der Waals surface area contributed by atoms with Gasteiger partial charge in [-0.2, -0.15) is 0 Å². The van der Waals surface area contributed by atoms with Crippen molar-refractivity contribution in [2.45, 2.75) is 12.8 Å². The van der Waals surface area contributed by atoms with E-state index in [4.69, 9.17) is 11.6 Å². The first-order chi connectivity index (χ1) is 6.72. The summed E-state index contributed by atoms with van der Waals surface area (Å²) in [7, 11) is 2.09. The number of amides is 1. The van der Waals surface area contributed by atoms with E-state index in [1.807, 2.05) is 5.01 Å². The number of hydrogen-bond donors (Lipinski definition) is 1. The molecule has 0 aliphatic carbocycles. The predicted molar refractivity (Wildman–Crippen MR) is 57.2 cm³/mol. The molecule has 1 rings (SSSR count). The quantitative estimate of drug-likeness (QED) is 0.691. The third-order valence-corrected chi connectivity index (χ3v) is 2.59. The number of piperazine rings is 1. The SMILES string of the molecule is CN1CCN(NC(=O)CCCCl)CC1. The lowest BCUT2D eigenvalue weighted by Gasteiger charge is -2.32. The van der Waals surface area contributed by atoms with Crippen LogP contribution in [0.1, 0.15) is 12.8 Å². The number of carbonyl (C=O) groups excluding carboxylic acids is 1. The fourth-order valence-corrected chi connectivity index (χ4v) is 1.51. The van der Waals surface area contributed by atoms with Crippen molar-refractivity contribution >= 4 is 17.5 Å². The average molecular weight is 220 g/mol. The van der Waals surface area contributed by atoms with Crippen molar-refractivity contribution < 1.29 is 4.79 Å². The van der Waals surface area contributed by atoms with Gasteiger partial charge in [0.2, 0.25) is 5.91 Å². The molecule has 1 aliphatic rings. The molecule has 0 radical (unpaired) electrons. The van der Waals surface area contributed by atoms with E-state index in [-0.39, 0.29) is 5.91 Å². The van der Waals surface area contributed by atoms with Gasteiger partial charge in [-0.25, -0.2) is 5.01 Å². The van der Waals surface area contributed by atoms with E-state index in [1.54, 1.807) is 0 Å². The number of halogens is 1. The van der Waals surface area contributed by atoms with Gasteiger partial charge in [-0.05, 0) is 13.5 Å². The van der Waals surface area contributed by atoms with Crippen molar-refractivity contribution in [3.8, 4) is 0 Å². The molecule has 14 heavy (non-hydrogen) atoms. The molecule has 1 aliphatic heterocycles. The Morgan fingerprint density at radius 3 is 2.57 bits per heavy atom. The molecule has 0 saturated carbocycles. The summed E-state index contributed by atoms with van der Waals surface area (Å²) in [6.45, 7) is 3.83. The monoisotopic (exact) mass is 219 g/mol. The number of likely N-dealkylation sites (N-methyl/N-ethyl adjacent to an activating group) is 1. The lowest BCUT2D eigenvalue weighted by molar-refractivity contribution is -0.126. The maximum absolute atomic E-state index is 11.3. The summed E-state index contributed by atoms with van der Waals surface area (Å²) >= 11 is 5.51. The minimum Gasteiger partial charge on any atom is -0.304 e. The molecule has 0 aromatic heterocycles. The fourth-order valence-electron chi connectivity index (χ4n) is 1.38. The second-order valence-electron chi connectivity index (χ2n) is 3.62. The Hall–Kier alpha value is -0.320. The van der Waals surface area contributed by atoms with E-state index in [9.17, 15) is 4.79 Å². The first kappa shape index (κ1) is 11.8. The van der Waals surface area contributed by atoms with Gasteiger partial charge in [-0.3, -0.25) is 10.2 Å². The number of hydrazine groups is 1. The van der Waals surface area contributed by atoms with Crippen molar-refractivity contribution in [1.29, 1.82) is 0 Å². The maximum atomic E-state index is 11.3. The second-order valence-corrected chi connectivity index (χ2v) is 4.00. The molecule has 0 unspecified atom stereocenters. The number of nitrogens with zero attached hydrogens (tertiary/aromatic N) is 2. The summed E-state index contributed by atoms with van der Waals surface area (Å²) in [5.74, 6) is 0.631. The van der Waals surface area contributed by atoms with Crippen LogP contribution in [-0.2, 0) is 4.79 Å². The topological polar surface area (TPSA) is 35.6 Å². The average Bonchev–Trinajstić information content (AvgIpc) is 2.18. The van der Waals surface area contributed by atoms with Gasteiger partial charge in [0.05, 0.1) is 0 Å². The molecule has 0 bridgehead atoms. The maximum Gasteiger partial charge on any atom is 0.234 e. The highest BCUT2D eigenvalue weighted by molar-refractivity contribution is 6.17. The van der Waals surface area contributed by atoms with Crippen LogP contribution in [-0.4, -0.2) is 54.9 Å². The van der Waals surface area contributed by atoms with Crippen LogP contribution in [0.4, 0.5) is 0 Å². The van der Waals surface area contributed by atoms with Gasteiger partial charge in [-0.1, -0.05) is 0 Å². The Bertz CT molecular complexity index is 181. The highest BCUT2D eigenvalue weighted by Gasteiger charge is 2.14. The smallest absolute Gasteiger partial charge is 0.234 e. The molecule has 0 spiro atoms. The van der Waals surface area contributed by atoms with E-state index >= 15 is 0 Å². The van der Waals surface area contributed by atoms with E-state index in [1.165, 1.54) is 0 Å². The van der Waals surface area contributed by atoms with Gasteiger partial charge in [0, 0.05) is 38.5 Å². The Kier molecular flexibility index (Phi) is 5.22. The third kappa shape index (κ3) is 4.26. The highest BCUT2D eigenvalue weighted by atomic mass is 35.5. The van der Waals surface area contributed by atoms with E-state index in [2.05, 4.69) is 17.4 Å². The van der Waals surface area contributed by atoms with Crippen LogP contribution in [0.25, 0.3) is 0 Å². The molecule has 0 aromatic rings. The van der Waals surface area contributed by atoms with Gasteiger partial charge in [0.25, 0.3) is 0 Å². The summed E-state index contributed by atoms with van der Waals surface area (Å²) in [5, 5.41) is 1.98. The molecule has 1 heterocycles. The highest BCUT2D eigenvalue weighted by Crippen LogP contribution is 1.97. The first-order valence-electron chi connectivity index (χ1n) is 5.01. The molecular weight excluding hydrogens is 202 g/mol. The first-order valence-corrected chi connectivity index (χ1v) is 5.55. The summed E-state index contributed by atoms with van der Waals surface area (Å²) in [4.78, 5) is 13.6. The van der Waals surface area contributed by atoms with Gasteiger partial charge >= 0.3 is 0 Å². The molecule has 0 atom stereocenters. The zero-order valence-corrected chi connectivity index (χ0v) is 9.39. The van der Waals surface area contributed by atoms with Crippen molar-refractivity contribution in [2.75, 3.05) is 39.1 Å².